The van der Waals surface area contributed by atoms with Gasteiger partial charge in [0.1, 0.15) is 13.2 Å². The third-order valence-electron chi connectivity index (χ3n) is 10.5. The van der Waals surface area contributed by atoms with E-state index in [4.69, 9.17) is 9.47 Å². The van der Waals surface area contributed by atoms with Crippen LogP contribution in [0.25, 0.3) is 0 Å². The number of benzene rings is 3. The first-order valence-corrected chi connectivity index (χ1v) is 18.6. The van der Waals surface area contributed by atoms with Crippen molar-refractivity contribution < 1.29 is 33.8 Å². The number of carbonyl (C=O) groups excluding carboxylic acids is 4. The van der Waals surface area contributed by atoms with Gasteiger partial charge in [-0.15, -0.1) is 0 Å². The smallest absolute Gasteiger partial charge is 0.302 e. The Kier molecular flexibility index (Phi) is 14.2. The Morgan fingerprint density at radius 1 is 0.846 bits per heavy atom. The van der Waals surface area contributed by atoms with Crippen molar-refractivity contribution in [3.05, 3.63) is 101 Å². The van der Waals surface area contributed by atoms with E-state index in [1.165, 1.54) is 13.8 Å². The van der Waals surface area contributed by atoms with Gasteiger partial charge in [-0.1, -0.05) is 80.4 Å². The molecule has 4 rings (SSSR count). The van der Waals surface area contributed by atoms with E-state index in [1.807, 2.05) is 98.5 Å². The van der Waals surface area contributed by atoms with E-state index in [-0.39, 0.29) is 49.5 Å². The van der Waals surface area contributed by atoms with Gasteiger partial charge >= 0.3 is 11.9 Å². The zero-order valence-corrected chi connectivity index (χ0v) is 31.8. The molecular formula is C43H56N2O7. The van der Waals surface area contributed by atoms with Crippen LogP contribution >= 0.6 is 0 Å². The second kappa shape index (κ2) is 18.3. The van der Waals surface area contributed by atoms with Gasteiger partial charge in [0.25, 0.3) is 5.91 Å². The molecule has 1 aliphatic rings. The van der Waals surface area contributed by atoms with E-state index in [0.29, 0.717) is 30.6 Å². The van der Waals surface area contributed by atoms with Crippen LogP contribution in [0.5, 0.6) is 0 Å². The van der Waals surface area contributed by atoms with Gasteiger partial charge in [0, 0.05) is 37.1 Å². The van der Waals surface area contributed by atoms with E-state index in [1.54, 1.807) is 4.90 Å². The summed E-state index contributed by atoms with van der Waals surface area (Å²) in [5, 5.41) is 11.5. The van der Waals surface area contributed by atoms with Crippen LogP contribution in [0, 0.1) is 6.92 Å². The number of rotatable bonds is 17. The molecule has 280 valence electrons. The van der Waals surface area contributed by atoms with Gasteiger partial charge in [-0.05, 0) is 87.3 Å². The molecule has 0 bridgehead atoms. The molecule has 1 saturated carbocycles. The fourth-order valence-electron chi connectivity index (χ4n) is 7.48. The maximum atomic E-state index is 14.4. The maximum absolute atomic E-state index is 14.4. The highest BCUT2D eigenvalue weighted by molar-refractivity contribution is 6.01. The van der Waals surface area contributed by atoms with Crippen LogP contribution in [0.3, 0.4) is 0 Å². The maximum Gasteiger partial charge on any atom is 0.302 e. The minimum Gasteiger partial charge on any atom is -0.464 e. The normalized spacial score (nSPS) is 14.4. The lowest BCUT2D eigenvalue weighted by Gasteiger charge is -2.41. The van der Waals surface area contributed by atoms with Crippen LogP contribution in [0.4, 0.5) is 5.69 Å². The molecule has 1 aliphatic carbocycles. The summed E-state index contributed by atoms with van der Waals surface area (Å²) < 4.78 is 10.6. The van der Waals surface area contributed by atoms with Gasteiger partial charge in [-0.3, -0.25) is 19.2 Å². The Morgan fingerprint density at radius 3 is 2.10 bits per heavy atom. The van der Waals surface area contributed by atoms with Gasteiger partial charge in [-0.25, -0.2) is 0 Å². The van der Waals surface area contributed by atoms with E-state index in [9.17, 15) is 24.3 Å². The number of carbonyl (C=O) groups is 4. The predicted octanol–water partition coefficient (Wildman–Crippen LogP) is 7.13. The van der Waals surface area contributed by atoms with Crippen LogP contribution in [-0.2, 0) is 42.1 Å². The van der Waals surface area contributed by atoms with Crippen molar-refractivity contribution in [1.82, 2.24) is 4.90 Å². The third kappa shape index (κ3) is 10.1. The average molecular weight is 713 g/mol. The highest BCUT2D eigenvalue weighted by Gasteiger charge is 2.41. The van der Waals surface area contributed by atoms with E-state index < -0.39 is 17.5 Å². The molecule has 1 unspecified atom stereocenters. The standard InChI is InChI=1S/C43H56N2O7/c1-7-43(23-13-14-24-43)45(26-28-52-33(4)47)40(49)38-18-12-11-15-34(38)21-22-37(48)30-35-20-19-31(2)29-39(35)44(25-27-51-32(3)46)41(50)42(5,6)36-16-9-8-10-17-36/h8-12,15-20,29,37,48H,7,13-14,21-28,30H2,1-6H3. The molecule has 0 radical (unpaired) electrons. The SMILES string of the molecule is CCC1(N(CCOC(C)=O)C(=O)c2ccccc2CCC(O)Cc2ccc(C)cc2N(CCOC(C)=O)C(=O)C(C)(C)c2ccccc2)CCCC1. The number of nitrogens with zero attached hydrogens (tertiary/aromatic N) is 2. The van der Waals surface area contributed by atoms with E-state index >= 15 is 0 Å². The van der Waals surface area contributed by atoms with Gasteiger partial charge < -0.3 is 24.4 Å². The lowest BCUT2D eigenvalue weighted by Crippen LogP contribution is -2.51. The number of aryl methyl sites for hydroxylation is 2. The number of aliphatic hydroxyl groups excluding tert-OH is 1. The quantitative estimate of drug-likeness (QED) is 0.148. The Balaban J connectivity index is 1.57. The van der Waals surface area contributed by atoms with Crippen LogP contribution in [-0.4, -0.2) is 71.7 Å². The zero-order valence-electron chi connectivity index (χ0n) is 31.8. The monoisotopic (exact) mass is 712 g/mol. The summed E-state index contributed by atoms with van der Waals surface area (Å²) in [4.78, 5) is 55.5. The molecule has 1 fully saturated rings. The number of anilines is 1. The topological polar surface area (TPSA) is 113 Å². The summed E-state index contributed by atoms with van der Waals surface area (Å²) in [5.41, 5.74) is 3.56. The third-order valence-corrected chi connectivity index (χ3v) is 10.5. The van der Waals surface area contributed by atoms with Crippen LogP contribution in [0.15, 0.2) is 72.8 Å². The molecule has 2 amide bonds. The number of esters is 2. The molecule has 52 heavy (non-hydrogen) atoms. The van der Waals surface area contributed by atoms with Gasteiger partial charge in [0.15, 0.2) is 0 Å². The molecule has 1 N–H and O–H groups in total. The molecule has 0 aromatic heterocycles. The number of ether oxygens (including phenoxy) is 2. The zero-order chi connectivity index (χ0) is 37.9. The Morgan fingerprint density at radius 2 is 1.46 bits per heavy atom. The fraction of sp³-hybridized carbons (Fsp3) is 0.488. The largest absolute Gasteiger partial charge is 0.464 e. The Bertz CT molecular complexity index is 1680. The highest BCUT2D eigenvalue weighted by atomic mass is 16.5. The minimum atomic E-state index is -0.881. The summed E-state index contributed by atoms with van der Waals surface area (Å²) in [7, 11) is 0. The lowest BCUT2D eigenvalue weighted by molar-refractivity contribution is -0.142. The van der Waals surface area contributed by atoms with Gasteiger partial charge in [-0.2, -0.15) is 0 Å². The first-order valence-electron chi connectivity index (χ1n) is 18.6. The Hall–Kier alpha value is -4.50. The van der Waals surface area contributed by atoms with Crippen molar-refractivity contribution >= 4 is 29.4 Å². The molecule has 1 atom stereocenters. The highest BCUT2D eigenvalue weighted by Crippen LogP contribution is 2.39. The van der Waals surface area contributed by atoms with Crippen molar-refractivity contribution in [2.45, 2.75) is 110 Å². The summed E-state index contributed by atoms with van der Waals surface area (Å²) in [6.07, 6.45) is 5.12. The molecule has 0 aliphatic heterocycles. The molecule has 0 spiro atoms. The van der Waals surface area contributed by atoms with Crippen LogP contribution in [0.2, 0.25) is 0 Å². The molecule has 9 heteroatoms. The van der Waals surface area contributed by atoms with Crippen LogP contribution in [0.1, 0.15) is 106 Å². The van der Waals surface area contributed by atoms with E-state index in [2.05, 4.69) is 6.92 Å². The first-order chi connectivity index (χ1) is 24.8. The molecule has 0 saturated heterocycles. The lowest BCUT2D eigenvalue weighted by atomic mass is 9.82. The number of amides is 2. The number of hydrogen-bond acceptors (Lipinski definition) is 7. The summed E-state index contributed by atoms with van der Waals surface area (Å²) in [6.45, 7) is 11.2. The molecule has 3 aromatic carbocycles. The van der Waals surface area contributed by atoms with E-state index in [0.717, 1.165) is 54.4 Å². The first kappa shape index (κ1) is 40.3. The molecule has 0 heterocycles. The van der Waals surface area contributed by atoms with Crippen LogP contribution < -0.4 is 4.90 Å². The van der Waals surface area contributed by atoms with Crippen molar-refractivity contribution in [1.29, 1.82) is 0 Å². The number of hydrogen-bond donors (Lipinski definition) is 1. The minimum absolute atomic E-state index is 0.0316. The Labute approximate surface area is 309 Å². The van der Waals surface area contributed by atoms with Crippen molar-refractivity contribution in [2.75, 3.05) is 31.2 Å². The summed E-state index contributed by atoms with van der Waals surface area (Å²) >= 11 is 0. The molecule has 9 nitrogen and oxygen atoms in total. The fourth-order valence-corrected chi connectivity index (χ4v) is 7.48. The second-order valence-electron chi connectivity index (χ2n) is 14.6. The predicted molar refractivity (Wildman–Crippen MR) is 203 cm³/mol. The second-order valence-corrected chi connectivity index (χ2v) is 14.6. The summed E-state index contributed by atoms with van der Waals surface area (Å²) in [5.74, 6) is -1.02. The number of aliphatic hydroxyl groups is 1. The van der Waals surface area contributed by atoms with Gasteiger partial charge in [0.05, 0.1) is 24.6 Å². The van der Waals surface area contributed by atoms with Crippen molar-refractivity contribution in [3.63, 3.8) is 0 Å². The van der Waals surface area contributed by atoms with Crippen molar-refractivity contribution in [2.24, 2.45) is 0 Å². The molecule has 3 aromatic rings. The molecular weight excluding hydrogens is 656 g/mol. The van der Waals surface area contributed by atoms with Gasteiger partial charge in [0.2, 0.25) is 5.91 Å². The van der Waals surface area contributed by atoms with Crippen molar-refractivity contribution in [3.8, 4) is 0 Å². The average Bonchev–Trinajstić information content (AvgIpc) is 3.62. The summed E-state index contributed by atoms with van der Waals surface area (Å²) in [6, 6.07) is 23.0.